The van der Waals surface area contributed by atoms with Crippen LogP contribution in [-0.2, 0) is 17.5 Å². The number of benzene rings is 2. The number of ether oxygens (including phenoxy) is 1. The molecular formula is C22H17FN2O3S2. The molecule has 0 aliphatic rings. The fourth-order valence-corrected chi connectivity index (χ4v) is 4.98. The third-order valence-electron chi connectivity index (χ3n) is 4.65. The van der Waals surface area contributed by atoms with Crippen molar-refractivity contribution in [3.8, 4) is 11.1 Å². The minimum atomic E-state index is -0.388. The standard InChI is InChI=1S/C22H17FN2O3S2/c1-25-20(26)18-17(14-6-8-16(23)9-7-14)12-29-19(18)24-22(25)30-11-13-4-3-5-15(10-13)21(27)28-2/h3-10,12H,11H2,1-2H3. The predicted octanol–water partition coefficient (Wildman–Crippen LogP) is 4.88. The fourth-order valence-electron chi connectivity index (χ4n) is 3.08. The molecule has 0 aliphatic heterocycles. The maximum absolute atomic E-state index is 13.2. The minimum Gasteiger partial charge on any atom is -0.465 e. The van der Waals surface area contributed by atoms with Crippen molar-refractivity contribution in [3.63, 3.8) is 0 Å². The molecule has 152 valence electrons. The van der Waals surface area contributed by atoms with Gasteiger partial charge < -0.3 is 4.74 Å². The minimum absolute atomic E-state index is 0.147. The Balaban J connectivity index is 1.65. The molecule has 4 rings (SSSR count). The second kappa shape index (κ2) is 8.41. The van der Waals surface area contributed by atoms with Gasteiger partial charge in [-0.1, -0.05) is 36.0 Å². The van der Waals surface area contributed by atoms with Gasteiger partial charge in [-0.2, -0.15) is 0 Å². The van der Waals surface area contributed by atoms with Crippen molar-refractivity contribution in [1.29, 1.82) is 0 Å². The number of esters is 1. The fraction of sp³-hybridized carbons (Fsp3) is 0.136. The average Bonchev–Trinajstić information content (AvgIpc) is 3.19. The third-order valence-corrected chi connectivity index (χ3v) is 6.62. The third kappa shape index (κ3) is 3.88. The van der Waals surface area contributed by atoms with Gasteiger partial charge in [0.1, 0.15) is 10.6 Å². The van der Waals surface area contributed by atoms with Crippen LogP contribution in [0.25, 0.3) is 21.3 Å². The number of thiophene rings is 1. The topological polar surface area (TPSA) is 61.2 Å². The quantitative estimate of drug-likeness (QED) is 0.251. The summed E-state index contributed by atoms with van der Waals surface area (Å²) >= 11 is 2.81. The van der Waals surface area contributed by atoms with E-state index in [1.54, 1.807) is 37.4 Å². The van der Waals surface area contributed by atoms with E-state index in [1.165, 1.54) is 46.9 Å². The van der Waals surface area contributed by atoms with Crippen molar-refractivity contribution in [1.82, 2.24) is 9.55 Å². The summed E-state index contributed by atoms with van der Waals surface area (Å²) in [5.74, 6) is -0.160. The smallest absolute Gasteiger partial charge is 0.337 e. The number of halogens is 1. The summed E-state index contributed by atoms with van der Waals surface area (Å²) in [7, 11) is 3.04. The maximum atomic E-state index is 13.2. The van der Waals surface area contributed by atoms with Crippen LogP contribution in [0.4, 0.5) is 4.39 Å². The van der Waals surface area contributed by atoms with Crippen LogP contribution in [0.5, 0.6) is 0 Å². The molecule has 0 aliphatic carbocycles. The second-order valence-corrected chi connectivity index (χ2v) is 8.38. The largest absolute Gasteiger partial charge is 0.465 e. The highest BCUT2D eigenvalue weighted by atomic mass is 32.2. The Morgan fingerprint density at radius 2 is 2.00 bits per heavy atom. The summed E-state index contributed by atoms with van der Waals surface area (Å²) in [6, 6.07) is 13.3. The van der Waals surface area contributed by atoms with Crippen LogP contribution in [-0.4, -0.2) is 22.6 Å². The number of thioether (sulfide) groups is 1. The molecule has 2 aromatic carbocycles. The number of carbonyl (C=O) groups is 1. The van der Waals surface area contributed by atoms with E-state index >= 15 is 0 Å². The molecule has 0 atom stereocenters. The number of aromatic nitrogens is 2. The molecule has 5 nitrogen and oxygen atoms in total. The molecule has 8 heteroatoms. The van der Waals surface area contributed by atoms with Crippen molar-refractivity contribution in [2.45, 2.75) is 10.9 Å². The predicted molar refractivity (Wildman–Crippen MR) is 118 cm³/mol. The first kappa shape index (κ1) is 20.3. The molecule has 0 unspecified atom stereocenters. The summed E-state index contributed by atoms with van der Waals surface area (Å²) in [6.07, 6.45) is 0. The number of rotatable bonds is 5. The molecule has 30 heavy (non-hydrogen) atoms. The number of methoxy groups -OCH3 is 1. The molecule has 0 N–H and O–H groups in total. The van der Waals surface area contributed by atoms with Gasteiger partial charge in [-0.05, 0) is 35.4 Å². The zero-order valence-corrected chi connectivity index (χ0v) is 17.8. The first-order chi connectivity index (χ1) is 14.5. The Labute approximate surface area is 180 Å². The molecule has 4 aromatic rings. The molecular weight excluding hydrogens is 423 g/mol. The van der Waals surface area contributed by atoms with Crippen LogP contribution in [0.3, 0.4) is 0 Å². The molecule has 2 aromatic heterocycles. The van der Waals surface area contributed by atoms with Gasteiger partial charge in [-0.25, -0.2) is 14.2 Å². The number of hydrogen-bond donors (Lipinski definition) is 0. The highest BCUT2D eigenvalue weighted by Gasteiger charge is 2.16. The molecule has 0 bridgehead atoms. The maximum Gasteiger partial charge on any atom is 0.337 e. The summed E-state index contributed by atoms with van der Waals surface area (Å²) in [5.41, 5.74) is 2.80. The Kier molecular flexibility index (Phi) is 5.69. The Bertz CT molecular complexity index is 1300. The summed E-state index contributed by atoms with van der Waals surface area (Å²) < 4.78 is 19.5. The molecule has 2 heterocycles. The zero-order valence-electron chi connectivity index (χ0n) is 16.2. The van der Waals surface area contributed by atoms with Gasteiger partial charge in [0.25, 0.3) is 5.56 Å². The normalized spacial score (nSPS) is 11.0. The average molecular weight is 441 g/mol. The van der Waals surface area contributed by atoms with E-state index < -0.39 is 0 Å². The first-order valence-electron chi connectivity index (χ1n) is 9.02. The number of carbonyl (C=O) groups excluding carboxylic acids is 1. The van der Waals surface area contributed by atoms with Crippen LogP contribution >= 0.6 is 23.1 Å². The number of fused-ring (bicyclic) bond motifs is 1. The summed E-state index contributed by atoms with van der Waals surface area (Å²) in [4.78, 5) is 30.1. The Morgan fingerprint density at radius 1 is 1.23 bits per heavy atom. The lowest BCUT2D eigenvalue weighted by atomic mass is 10.1. The highest BCUT2D eigenvalue weighted by Crippen LogP contribution is 2.32. The van der Waals surface area contributed by atoms with Gasteiger partial charge >= 0.3 is 5.97 Å². The Morgan fingerprint density at radius 3 is 2.73 bits per heavy atom. The van der Waals surface area contributed by atoms with Crippen molar-refractivity contribution < 1.29 is 13.9 Å². The lowest BCUT2D eigenvalue weighted by Crippen LogP contribution is -2.19. The lowest BCUT2D eigenvalue weighted by molar-refractivity contribution is 0.0600. The molecule has 0 radical (unpaired) electrons. The van der Waals surface area contributed by atoms with Gasteiger partial charge in [-0.3, -0.25) is 9.36 Å². The zero-order chi connectivity index (χ0) is 21.3. The van der Waals surface area contributed by atoms with Gasteiger partial charge in [0.2, 0.25) is 0 Å². The highest BCUT2D eigenvalue weighted by molar-refractivity contribution is 7.98. The van der Waals surface area contributed by atoms with Crippen molar-refractivity contribution in [2.24, 2.45) is 7.05 Å². The molecule has 0 amide bonds. The van der Waals surface area contributed by atoms with Gasteiger partial charge in [0, 0.05) is 23.7 Å². The summed E-state index contributed by atoms with van der Waals surface area (Å²) in [6.45, 7) is 0. The number of nitrogens with zero attached hydrogens (tertiary/aromatic N) is 2. The summed E-state index contributed by atoms with van der Waals surface area (Å²) in [5, 5.41) is 3.00. The van der Waals surface area contributed by atoms with E-state index in [0.29, 0.717) is 26.7 Å². The molecule has 0 fully saturated rings. The SMILES string of the molecule is COC(=O)c1cccc(CSc2nc3scc(-c4ccc(F)cc4)c3c(=O)n2C)c1. The van der Waals surface area contributed by atoms with E-state index in [0.717, 1.165) is 16.7 Å². The Hall–Kier alpha value is -2.97. The van der Waals surface area contributed by atoms with Gasteiger partial charge in [0.05, 0.1) is 18.1 Å². The van der Waals surface area contributed by atoms with Gasteiger partial charge in [0.15, 0.2) is 5.16 Å². The number of hydrogen-bond acceptors (Lipinski definition) is 6. The molecule has 0 saturated heterocycles. The van der Waals surface area contributed by atoms with Gasteiger partial charge in [-0.15, -0.1) is 11.3 Å². The molecule has 0 saturated carbocycles. The monoisotopic (exact) mass is 440 g/mol. The van der Waals surface area contributed by atoms with E-state index in [-0.39, 0.29) is 17.3 Å². The van der Waals surface area contributed by atoms with Crippen molar-refractivity contribution in [2.75, 3.05) is 7.11 Å². The van der Waals surface area contributed by atoms with E-state index in [9.17, 15) is 14.0 Å². The van der Waals surface area contributed by atoms with Crippen molar-refractivity contribution >= 4 is 39.3 Å². The first-order valence-corrected chi connectivity index (χ1v) is 10.9. The lowest BCUT2D eigenvalue weighted by Gasteiger charge is -2.09. The van der Waals surface area contributed by atoms with E-state index in [4.69, 9.17) is 4.74 Å². The second-order valence-electron chi connectivity index (χ2n) is 6.58. The van der Waals surface area contributed by atoms with E-state index in [1.807, 2.05) is 11.4 Å². The van der Waals surface area contributed by atoms with E-state index in [2.05, 4.69) is 4.98 Å². The van der Waals surface area contributed by atoms with Crippen LogP contribution < -0.4 is 5.56 Å². The van der Waals surface area contributed by atoms with Crippen LogP contribution in [0, 0.1) is 5.82 Å². The van der Waals surface area contributed by atoms with Crippen LogP contribution in [0.15, 0.2) is 63.9 Å². The van der Waals surface area contributed by atoms with Crippen LogP contribution in [0.2, 0.25) is 0 Å². The van der Waals surface area contributed by atoms with Crippen LogP contribution in [0.1, 0.15) is 15.9 Å². The van der Waals surface area contributed by atoms with Crippen molar-refractivity contribution in [3.05, 3.63) is 81.2 Å². The molecule has 0 spiro atoms.